The minimum absolute atomic E-state index is 0.222. The third-order valence-electron chi connectivity index (χ3n) is 4.11. The molecule has 0 aliphatic carbocycles. The van der Waals surface area contributed by atoms with E-state index in [2.05, 4.69) is 0 Å². The Bertz CT molecular complexity index is 1010. The molecule has 1 unspecified atom stereocenters. The predicted molar refractivity (Wildman–Crippen MR) is 124 cm³/mol. The summed E-state index contributed by atoms with van der Waals surface area (Å²) in [6, 6.07) is 7.48. The number of carbonyl (C=O) groups is 2. The lowest BCUT2D eigenvalue weighted by Crippen LogP contribution is -2.44. The summed E-state index contributed by atoms with van der Waals surface area (Å²) >= 11 is 20.1. The quantitative estimate of drug-likeness (QED) is 0.398. The molecule has 1 aliphatic heterocycles. The summed E-state index contributed by atoms with van der Waals surface area (Å²) in [6.07, 6.45) is 3.74. The van der Waals surface area contributed by atoms with Gasteiger partial charge in [0.2, 0.25) is 0 Å². The van der Waals surface area contributed by atoms with E-state index in [0.29, 0.717) is 44.2 Å². The van der Waals surface area contributed by atoms with Crippen LogP contribution in [0.25, 0.3) is 17.4 Å². The zero-order valence-corrected chi connectivity index (χ0v) is 19.0. The van der Waals surface area contributed by atoms with Gasteiger partial charge in [-0.3, -0.25) is 9.69 Å². The van der Waals surface area contributed by atoms with Gasteiger partial charge in [-0.25, -0.2) is 4.79 Å². The van der Waals surface area contributed by atoms with Crippen molar-refractivity contribution >= 4 is 81.2 Å². The van der Waals surface area contributed by atoms with E-state index in [1.165, 1.54) is 16.7 Å². The van der Waals surface area contributed by atoms with E-state index in [1.54, 1.807) is 36.4 Å². The summed E-state index contributed by atoms with van der Waals surface area (Å²) in [5.41, 5.74) is 0.634. The molecule has 1 atom stereocenters. The summed E-state index contributed by atoms with van der Waals surface area (Å²) in [7, 11) is 0. The fourth-order valence-corrected chi connectivity index (χ4v) is 4.91. The Balaban J connectivity index is 1.85. The van der Waals surface area contributed by atoms with Gasteiger partial charge in [-0.2, -0.15) is 11.8 Å². The highest BCUT2D eigenvalue weighted by Gasteiger charge is 2.40. The molecule has 1 aromatic heterocycles. The molecule has 2 heterocycles. The molecule has 3 rings (SSSR count). The maximum Gasteiger partial charge on any atom is 0.326 e. The predicted octanol–water partition coefficient (Wildman–Crippen LogP) is 5.66. The maximum absolute atomic E-state index is 12.8. The van der Waals surface area contributed by atoms with Crippen molar-refractivity contribution in [2.75, 3.05) is 12.0 Å². The Hall–Kier alpha value is -1.45. The zero-order chi connectivity index (χ0) is 21.1. The molecule has 152 valence electrons. The van der Waals surface area contributed by atoms with Crippen LogP contribution < -0.4 is 0 Å². The first kappa shape index (κ1) is 22.2. The van der Waals surface area contributed by atoms with Crippen LogP contribution >= 0.6 is 58.9 Å². The standard InChI is InChI=1S/C19H15Cl2NO4S3/c1-28-7-6-14(18(24)25)22-17(23)16(29-19(22)27)9-11-3-5-15(26-11)12-8-10(20)2-4-13(12)21/h2-5,8-9,14H,6-7H2,1H3,(H,24,25). The van der Waals surface area contributed by atoms with Gasteiger partial charge in [-0.1, -0.05) is 47.2 Å². The molecule has 0 radical (unpaired) electrons. The van der Waals surface area contributed by atoms with Crippen LogP contribution in [0.4, 0.5) is 0 Å². The number of hydrogen-bond acceptors (Lipinski definition) is 6. The topological polar surface area (TPSA) is 70.8 Å². The van der Waals surface area contributed by atoms with E-state index >= 15 is 0 Å². The average Bonchev–Trinajstić information content (AvgIpc) is 3.23. The molecule has 1 saturated heterocycles. The van der Waals surface area contributed by atoms with E-state index in [-0.39, 0.29) is 4.32 Å². The minimum Gasteiger partial charge on any atom is -0.480 e. The van der Waals surface area contributed by atoms with Gasteiger partial charge in [0.05, 0.1) is 9.93 Å². The molecule has 2 aromatic rings. The summed E-state index contributed by atoms with van der Waals surface area (Å²) in [5, 5.41) is 10.5. The Morgan fingerprint density at radius 1 is 1.38 bits per heavy atom. The van der Waals surface area contributed by atoms with Gasteiger partial charge in [0.1, 0.15) is 21.9 Å². The maximum atomic E-state index is 12.8. The lowest BCUT2D eigenvalue weighted by Gasteiger charge is -2.22. The third kappa shape index (κ3) is 5.00. The van der Waals surface area contributed by atoms with Crippen LogP contribution in [0.1, 0.15) is 12.2 Å². The first-order valence-corrected chi connectivity index (χ1v) is 11.7. The van der Waals surface area contributed by atoms with Crippen molar-refractivity contribution in [3.63, 3.8) is 0 Å². The molecule has 0 spiro atoms. The monoisotopic (exact) mass is 487 g/mol. The number of nitrogens with zero attached hydrogens (tertiary/aromatic N) is 1. The summed E-state index contributed by atoms with van der Waals surface area (Å²) in [5.74, 6) is 0.0181. The minimum atomic E-state index is -1.08. The molecule has 29 heavy (non-hydrogen) atoms. The van der Waals surface area contributed by atoms with E-state index < -0.39 is 17.9 Å². The van der Waals surface area contributed by atoms with Gasteiger partial charge in [0.15, 0.2) is 0 Å². The molecule has 10 heteroatoms. The Morgan fingerprint density at radius 3 is 2.83 bits per heavy atom. The fraction of sp³-hybridized carbons (Fsp3) is 0.211. The smallest absolute Gasteiger partial charge is 0.326 e. The van der Waals surface area contributed by atoms with Gasteiger partial charge in [-0.05, 0) is 48.8 Å². The van der Waals surface area contributed by atoms with Crippen molar-refractivity contribution in [3.05, 3.63) is 51.0 Å². The Labute approximate surface area is 191 Å². The van der Waals surface area contributed by atoms with Crippen molar-refractivity contribution in [2.24, 2.45) is 0 Å². The number of aliphatic carboxylic acids is 1. The Kier molecular flexibility index (Phi) is 7.34. The van der Waals surface area contributed by atoms with E-state index in [0.717, 1.165) is 11.8 Å². The van der Waals surface area contributed by atoms with Crippen molar-refractivity contribution in [3.8, 4) is 11.3 Å². The van der Waals surface area contributed by atoms with Crippen LogP contribution in [0.2, 0.25) is 10.0 Å². The first-order chi connectivity index (χ1) is 13.8. The molecule has 1 fully saturated rings. The number of hydrogen-bond donors (Lipinski definition) is 1. The molecule has 1 amide bonds. The van der Waals surface area contributed by atoms with Crippen molar-refractivity contribution in [1.29, 1.82) is 0 Å². The summed E-state index contributed by atoms with van der Waals surface area (Å²) in [6.45, 7) is 0. The number of benzene rings is 1. The number of thioether (sulfide) groups is 2. The Morgan fingerprint density at radius 2 is 2.14 bits per heavy atom. The third-order valence-corrected chi connectivity index (χ3v) is 6.65. The number of amides is 1. The van der Waals surface area contributed by atoms with E-state index in [4.69, 9.17) is 39.8 Å². The largest absolute Gasteiger partial charge is 0.480 e. The number of halogens is 2. The molecule has 5 nitrogen and oxygen atoms in total. The number of thiocarbonyl (C=S) groups is 1. The molecular formula is C19H15Cl2NO4S3. The lowest BCUT2D eigenvalue weighted by molar-refractivity contribution is -0.145. The fourth-order valence-electron chi connectivity index (χ4n) is 2.73. The summed E-state index contributed by atoms with van der Waals surface area (Å²) < 4.78 is 6.01. The highest BCUT2D eigenvalue weighted by atomic mass is 35.5. The normalized spacial score (nSPS) is 16.7. The molecule has 0 saturated carbocycles. The second kappa shape index (κ2) is 9.57. The second-order valence-corrected chi connectivity index (χ2v) is 9.52. The van der Waals surface area contributed by atoms with Crippen LogP contribution in [0, 0.1) is 0 Å². The number of furan rings is 1. The zero-order valence-electron chi connectivity index (χ0n) is 15.1. The van der Waals surface area contributed by atoms with Crippen LogP contribution in [0.15, 0.2) is 39.7 Å². The van der Waals surface area contributed by atoms with E-state index in [9.17, 15) is 14.7 Å². The first-order valence-electron chi connectivity index (χ1n) is 8.36. The van der Waals surface area contributed by atoms with Crippen LogP contribution in [0.5, 0.6) is 0 Å². The summed E-state index contributed by atoms with van der Waals surface area (Å²) in [4.78, 5) is 25.9. The van der Waals surface area contributed by atoms with Gasteiger partial charge >= 0.3 is 5.97 Å². The number of carboxylic acid groups (broad SMARTS) is 1. The van der Waals surface area contributed by atoms with Gasteiger partial charge in [0, 0.05) is 16.7 Å². The van der Waals surface area contributed by atoms with E-state index in [1.807, 2.05) is 6.26 Å². The average molecular weight is 488 g/mol. The molecule has 1 aromatic carbocycles. The number of carboxylic acids is 1. The van der Waals surface area contributed by atoms with Crippen molar-refractivity contribution in [2.45, 2.75) is 12.5 Å². The van der Waals surface area contributed by atoms with Gasteiger partial charge in [-0.15, -0.1) is 0 Å². The van der Waals surface area contributed by atoms with Crippen LogP contribution in [-0.2, 0) is 9.59 Å². The molecule has 1 aliphatic rings. The number of carbonyl (C=O) groups excluding carboxylic acids is 1. The van der Waals surface area contributed by atoms with Crippen LogP contribution in [0.3, 0.4) is 0 Å². The second-order valence-electron chi connectivity index (χ2n) is 6.01. The van der Waals surface area contributed by atoms with Crippen molar-refractivity contribution < 1.29 is 19.1 Å². The molecule has 1 N–H and O–H groups in total. The highest BCUT2D eigenvalue weighted by Crippen LogP contribution is 2.37. The number of rotatable bonds is 7. The highest BCUT2D eigenvalue weighted by molar-refractivity contribution is 8.26. The molecular weight excluding hydrogens is 473 g/mol. The van der Waals surface area contributed by atoms with Crippen LogP contribution in [-0.4, -0.2) is 44.3 Å². The van der Waals surface area contributed by atoms with Gasteiger partial charge < -0.3 is 9.52 Å². The van der Waals surface area contributed by atoms with Crippen molar-refractivity contribution in [1.82, 2.24) is 4.90 Å². The molecule has 0 bridgehead atoms. The lowest BCUT2D eigenvalue weighted by atomic mass is 10.2. The SMILES string of the molecule is CSCCC(C(=O)O)N1C(=O)C(=Cc2ccc(-c3cc(Cl)ccc3Cl)o2)SC1=S. The van der Waals surface area contributed by atoms with Gasteiger partial charge in [0.25, 0.3) is 5.91 Å².